The number of amides is 1. The zero-order valence-corrected chi connectivity index (χ0v) is 12.9. The van der Waals surface area contributed by atoms with Crippen LogP contribution in [0.3, 0.4) is 0 Å². The van der Waals surface area contributed by atoms with Gasteiger partial charge in [-0.05, 0) is 37.4 Å². The molecule has 0 aliphatic heterocycles. The number of aromatic nitrogens is 1. The van der Waals surface area contributed by atoms with Gasteiger partial charge in [0.2, 0.25) is 5.91 Å². The Kier molecular flexibility index (Phi) is 5.99. The molecule has 0 unspecified atom stereocenters. The molecule has 0 spiro atoms. The van der Waals surface area contributed by atoms with E-state index in [-0.39, 0.29) is 5.91 Å². The maximum atomic E-state index is 11.5. The summed E-state index contributed by atoms with van der Waals surface area (Å²) in [7, 11) is 0. The summed E-state index contributed by atoms with van der Waals surface area (Å²) in [6.45, 7) is 6.50. The van der Waals surface area contributed by atoms with Gasteiger partial charge >= 0.3 is 0 Å². The number of nitrogens with one attached hydrogen (secondary N) is 2. The van der Waals surface area contributed by atoms with Crippen LogP contribution in [-0.4, -0.2) is 30.1 Å². The zero-order chi connectivity index (χ0) is 15.1. The molecule has 5 nitrogen and oxygen atoms in total. The Morgan fingerprint density at radius 2 is 2.24 bits per heavy atom. The summed E-state index contributed by atoms with van der Waals surface area (Å²) >= 11 is 0. The molecule has 21 heavy (non-hydrogen) atoms. The Balaban J connectivity index is 1.63. The van der Waals surface area contributed by atoms with Crippen LogP contribution < -0.4 is 15.4 Å². The van der Waals surface area contributed by atoms with E-state index in [9.17, 15) is 4.79 Å². The first kappa shape index (κ1) is 15.8. The van der Waals surface area contributed by atoms with Gasteiger partial charge < -0.3 is 15.4 Å². The Morgan fingerprint density at radius 1 is 1.43 bits per heavy atom. The fourth-order valence-electron chi connectivity index (χ4n) is 1.88. The lowest BCUT2D eigenvalue weighted by Crippen LogP contribution is -2.26. The van der Waals surface area contributed by atoms with E-state index in [0.717, 1.165) is 31.6 Å². The predicted octanol–water partition coefficient (Wildman–Crippen LogP) is 1.87. The molecule has 2 rings (SSSR count). The summed E-state index contributed by atoms with van der Waals surface area (Å²) in [4.78, 5) is 15.8. The number of hydrogen-bond donors (Lipinski definition) is 2. The number of rotatable bonds is 9. The van der Waals surface area contributed by atoms with Crippen molar-refractivity contribution in [3.8, 4) is 5.75 Å². The highest BCUT2D eigenvalue weighted by Crippen LogP contribution is 2.18. The first-order chi connectivity index (χ1) is 10.1. The minimum absolute atomic E-state index is 0.0694. The Morgan fingerprint density at radius 3 is 2.86 bits per heavy atom. The van der Waals surface area contributed by atoms with E-state index in [1.807, 2.05) is 12.1 Å². The smallest absolute Gasteiger partial charge is 0.223 e. The van der Waals surface area contributed by atoms with Crippen molar-refractivity contribution >= 4 is 5.91 Å². The van der Waals surface area contributed by atoms with E-state index in [2.05, 4.69) is 29.5 Å². The topological polar surface area (TPSA) is 63.2 Å². The van der Waals surface area contributed by atoms with Gasteiger partial charge in [0.1, 0.15) is 5.75 Å². The Bertz CT molecular complexity index is 441. The van der Waals surface area contributed by atoms with Crippen molar-refractivity contribution < 1.29 is 9.53 Å². The molecule has 1 saturated carbocycles. The van der Waals surface area contributed by atoms with Gasteiger partial charge in [-0.1, -0.05) is 13.8 Å². The highest BCUT2D eigenvalue weighted by Gasteiger charge is 2.22. The Labute approximate surface area is 126 Å². The van der Waals surface area contributed by atoms with Crippen molar-refractivity contribution in [3.63, 3.8) is 0 Å². The Hall–Kier alpha value is -1.62. The van der Waals surface area contributed by atoms with Crippen LogP contribution >= 0.6 is 0 Å². The van der Waals surface area contributed by atoms with E-state index < -0.39 is 0 Å². The second-order valence-electron chi connectivity index (χ2n) is 5.95. The summed E-state index contributed by atoms with van der Waals surface area (Å²) in [6.07, 6.45) is 4.34. The number of pyridine rings is 1. The highest BCUT2D eigenvalue weighted by molar-refractivity contribution is 5.76. The summed E-state index contributed by atoms with van der Waals surface area (Å²) in [5, 5.41) is 6.29. The highest BCUT2D eigenvalue weighted by atomic mass is 16.5. The summed E-state index contributed by atoms with van der Waals surface area (Å²) in [5.41, 5.74) is 0.995. The number of hydrogen-bond acceptors (Lipinski definition) is 4. The third kappa shape index (κ3) is 6.58. The normalized spacial score (nSPS) is 14.2. The molecule has 1 aliphatic rings. The summed E-state index contributed by atoms with van der Waals surface area (Å²) in [5.74, 6) is 1.41. The lowest BCUT2D eigenvalue weighted by Gasteiger charge is -2.08. The van der Waals surface area contributed by atoms with E-state index >= 15 is 0 Å². The van der Waals surface area contributed by atoms with E-state index in [4.69, 9.17) is 4.74 Å². The van der Waals surface area contributed by atoms with E-state index in [1.165, 1.54) is 0 Å². The average Bonchev–Trinajstić information content (AvgIpc) is 3.24. The average molecular weight is 291 g/mol. The maximum absolute atomic E-state index is 11.5. The fourth-order valence-corrected chi connectivity index (χ4v) is 1.88. The van der Waals surface area contributed by atoms with Crippen LogP contribution in [0.15, 0.2) is 18.3 Å². The lowest BCUT2D eigenvalue weighted by atomic mass is 10.2. The number of carbonyl (C=O) groups is 1. The first-order valence-electron chi connectivity index (χ1n) is 7.71. The molecule has 5 heteroatoms. The molecule has 0 saturated heterocycles. The molecule has 1 fully saturated rings. The van der Waals surface area contributed by atoms with Crippen molar-refractivity contribution in [2.24, 2.45) is 5.92 Å². The van der Waals surface area contributed by atoms with Crippen LogP contribution in [0.4, 0.5) is 0 Å². The molecule has 116 valence electrons. The van der Waals surface area contributed by atoms with E-state index in [0.29, 0.717) is 30.7 Å². The van der Waals surface area contributed by atoms with Gasteiger partial charge in [0, 0.05) is 12.6 Å². The second kappa shape index (κ2) is 7.98. The van der Waals surface area contributed by atoms with Crippen molar-refractivity contribution in [1.29, 1.82) is 0 Å². The third-order valence-corrected chi connectivity index (χ3v) is 3.20. The van der Waals surface area contributed by atoms with Gasteiger partial charge in [-0.25, -0.2) is 0 Å². The minimum Gasteiger partial charge on any atom is -0.491 e. The van der Waals surface area contributed by atoms with Crippen LogP contribution in [0.1, 0.15) is 38.8 Å². The van der Waals surface area contributed by atoms with Crippen LogP contribution in [0.5, 0.6) is 5.75 Å². The minimum atomic E-state index is 0.0694. The number of nitrogens with zero attached hydrogens (tertiary/aromatic N) is 1. The molecular formula is C16H25N3O2. The molecule has 2 N–H and O–H groups in total. The van der Waals surface area contributed by atoms with Crippen molar-refractivity contribution in [1.82, 2.24) is 15.6 Å². The molecular weight excluding hydrogens is 266 g/mol. The number of carbonyl (C=O) groups excluding carboxylic acids is 1. The summed E-state index contributed by atoms with van der Waals surface area (Å²) in [6, 6.07) is 4.27. The molecule has 0 radical (unpaired) electrons. The van der Waals surface area contributed by atoms with Crippen LogP contribution in [0, 0.1) is 5.92 Å². The standard InChI is InChI=1S/C16H25N3O2/c1-12(2)9-17-10-14-5-6-15(11-18-14)21-8-7-16(20)19-13-3-4-13/h5-6,11-13,17H,3-4,7-10H2,1-2H3,(H,19,20). The second-order valence-corrected chi connectivity index (χ2v) is 5.95. The van der Waals surface area contributed by atoms with Crippen molar-refractivity contribution in [2.75, 3.05) is 13.2 Å². The van der Waals surface area contributed by atoms with E-state index in [1.54, 1.807) is 6.20 Å². The molecule has 1 heterocycles. The molecule has 1 aromatic rings. The SMILES string of the molecule is CC(C)CNCc1ccc(OCCC(=O)NC2CC2)cn1. The largest absolute Gasteiger partial charge is 0.491 e. The first-order valence-corrected chi connectivity index (χ1v) is 7.71. The van der Waals surface area contributed by atoms with Gasteiger partial charge in [-0.3, -0.25) is 9.78 Å². The van der Waals surface area contributed by atoms with Crippen LogP contribution in [-0.2, 0) is 11.3 Å². The van der Waals surface area contributed by atoms with Crippen LogP contribution in [0.2, 0.25) is 0 Å². The van der Waals surface area contributed by atoms with Gasteiger partial charge in [-0.15, -0.1) is 0 Å². The molecule has 0 atom stereocenters. The number of ether oxygens (including phenoxy) is 1. The van der Waals surface area contributed by atoms with Gasteiger partial charge in [0.15, 0.2) is 0 Å². The van der Waals surface area contributed by atoms with Gasteiger partial charge in [0.05, 0.1) is 24.9 Å². The lowest BCUT2D eigenvalue weighted by molar-refractivity contribution is -0.121. The molecule has 1 aromatic heterocycles. The fraction of sp³-hybridized carbons (Fsp3) is 0.625. The maximum Gasteiger partial charge on any atom is 0.223 e. The molecule has 0 aromatic carbocycles. The van der Waals surface area contributed by atoms with Gasteiger partial charge in [-0.2, -0.15) is 0 Å². The van der Waals surface area contributed by atoms with Gasteiger partial charge in [0.25, 0.3) is 0 Å². The quantitative estimate of drug-likeness (QED) is 0.729. The van der Waals surface area contributed by atoms with Crippen molar-refractivity contribution in [3.05, 3.63) is 24.0 Å². The predicted molar refractivity (Wildman–Crippen MR) is 82.1 cm³/mol. The molecule has 1 amide bonds. The zero-order valence-electron chi connectivity index (χ0n) is 12.9. The van der Waals surface area contributed by atoms with Crippen molar-refractivity contribution in [2.45, 2.75) is 45.7 Å². The molecule has 1 aliphatic carbocycles. The monoisotopic (exact) mass is 291 g/mol. The third-order valence-electron chi connectivity index (χ3n) is 3.20. The molecule has 0 bridgehead atoms. The summed E-state index contributed by atoms with van der Waals surface area (Å²) < 4.78 is 5.53. The van der Waals surface area contributed by atoms with Crippen LogP contribution in [0.25, 0.3) is 0 Å².